The zero-order chi connectivity index (χ0) is 22.3. The molecule has 6 nitrogen and oxygen atoms in total. The Morgan fingerprint density at radius 1 is 0.968 bits per heavy atom. The molecule has 1 atom stereocenters. The van der Waals surface area contributed by atoms with Crippen LogP contribution in [0.5, 0.6) is 0 Å². The smallest absolute Gasteiger partial charge is 0.325 e. The van der Waals surface area contributed by atoms with Crippen molar-refractivity contribution in [2.45, 2.75) is 57.5 Å². The van der Waals surface area contributed by atoms with Gasteiger partial charge in [-0.05, 0) is 30.4 Å². The molecule has 0 saturated carbocycles. The summed E-state index contributed by atoms with van der Waals surface area (Å²) in [5, 5.41) is 5.89. The minimum absolute atomic E-state index is 0.257. The van der Waals surface area contributed by atoms with Crippen LogP contribution in [0, 0.1) is 0 Å². The molecule has 3 rings (SSSR count). The SMILES string of the molecule is CCCC1(CCC)NC(=O)N(CC(=O)NC(Cc2ccccc2)c2ccccc2)C1=O. The number of amides is 4. The molecule has 0 bridgehead atoms. The molecule has 0 aliphatic carbocycles. The van der Waals surface area contributed by atoms with Crippen LogP contribution in [0.2, 0.25) is 0 Å². The number of nitrogens with zero attached hydrogens (tertiary/aromatic N) is 1. The summed E-state index contributed by atoms with van der Waals surface area (Å²) in [4.78, 5) is 39.6. The van der Waals surface area contributed by atoms with E-state index in [4.69, 9.17) is 0 Å². The Morgan fingerprint density at radius 2 is 1.55 bits per heavy atom. The average Bonchev–Trinajstić information content (AvgIpc) is 2.99. The van der Waals surface area contributed by atoms with E-state index in [9.17, 15) is 14.4 Å². The van der Waals surface area contributed by atoms with Crippen molar-refractivity contribution >= 4 is 17.8 Å². The fourth-order valence-corrected chi connectivity index (χ4v) is 4.31. The highest BCUT2D eigenvalue weighted by molar-refractivity contribution is 6.09. The number of benzene rings is 2. The summed E-state index contributed by atoms with van der Waals surface area (Å²) < 4.78 is 0. The van der Waals surface area contributed by atoms with Crippen LogP contribution in [-0.2, 0) is 16.0 Å². The molecule has 164 valence electrons. The maximum atomic E-state index is 13.1. The number of rotatable bonds is 10. The zero-order valence-electron chi connectivity index (χ0n) is 18.3. The van der Waals surface area contributed by atoms with E-state index in [2.05, 4.69) is 10.6 Å². The summed E-state index contributed by atoms with van der Waals surface area (Å²) in [5.41, 5.74) is 1.18. The Balaban J connectivity index is 1.73. The van der Waals surface area contributed by atoms with Gasteiger partial charge in [-0.15, -0.1) is 0 Å². The van der Waals surface area contributed by atoms with Gasteiger partial charge in [0.1, 0.15) is 12.1 Å². The minimum Gasteiger partial charge on any atom is -0.347 e. The van der Waals surface area contributed by atoms with Crippen molar-refractivity contribution in [2.75, 3.05) is 6.54 Å². The molecular formula is C25H31N3O3. The number of hydrogen-bond acceptors (Lipinski definition) is 3. The second-order valence-corrected chi connectivity index (χ2v) is 8.12. The summed E-state index contributed by atoms with van der Waals surface area (Å²) >= 11 is 0. The number of carbonyl (C=O) groups excluding carboxylic acids is 3. The second-order valence-electron chi connectivity index (χ2n) is 8.12. The molecule has 1 aliphatic heterocycles. The molecule has 6 heteroatoms. The Bertz CT molecular complexity index is 893. The number of imide groups is 1. The van der Waals surface area contributed by atoms with E-state index in [1.165, 1.54) is 0 Å². The topological polar surface area (TPSA) is 78.5 Å². The molecule has 0 spiro atoms. The monoisotopic (exact) mass is 421 g/mol. The molecule has 1 fully saturated rings. The predicted molar refractivity (Wildman–Crippen MR) is 120 cm³/mol. The highest BCUT2D eigenvalue weighted by atomic mass is 16.2. The van der Waals surface area contributed by atoms with Crippen molar-refractivity contribution < 1.29 is 14.4 Å². The Labute approximate surface area is 184 Å². The predicted octanol–water partition coefficient (Wildman–Crippen LogP) is 3.98. The number of nitrogens with one attached hydrogen (secondary N) is 2. The average molecular weight is 422 g/mol. The van der Waals surface area contributed by atoms with E-state index in [0.717, 1.165) is 28.9 Å². The molecule has 1 saturated heterocycles. The van der Waals surface area contributed by atoms with Gasteiger partial charge >= 0.3 is 6.03 Å². The lowest BCUT2D eigenvalue weighted by molar-refractivity contribution is -0.135. The molecule has 4 amide bonds. The normalized spacial score (nSPS) is 16.1. The van der Waals surface area contributed by atoms with Gasteiger partial charge in [0.05, 0.1) is 6.04 Å². The maximum Gasteiger partial charge on any atom is 0.325 e. The molecule has 1 aliphatic rings. The molecule has 2 aromatic rings. The van der Waals surface area contributed by atoms with Crippen LogP contribution in [0.4, 0.5) is 4.79 Å². The second kappa shape index (κ2) is 10.2. The van der Waals surface area contributed by atoms with Crippen molar-refractivity contribution in [2.24, 2.45) is 0 Å². The van der Waals surface area contributed by atoms with Gasteiger partial charge in [0.2, 0.25) is 5.91 Å². The van der Waals surface area contributed by atoms with E-state index in [1.54, 1.807) is 0 Å². The highest BCUT2D eigenvalue weighted by Crippen LogP contribution is 2.28. The number of urea groups is 1. The van der Waals surface area contributed by atoms with E-state index >= 15 is 0 Å². The van der Waals surface area contributed by atoms with Gasteiger partial charge in [0, 0.05) is 0 Å². The number of hydrogen-bond donors (Lipinski definition) is 2. The molecule has 2 aromatic carbocycles. The van der Waals surface area contributed by atoms with Crippen molar-refractivity contribution in [3.8, 4) is 0 Å². The van der Waals surface area contributed by atoms with Gasteiger partial charge in [-0.2, -0.15) is 0 Å². The summed E-state index contributed by atoms with van der Waals surface area (Å²) in [6.45, 7) is 3.69. The van der Waals surface area contributed by atoms with Gasteiger partial charge in [-0.25, -0.2) is 4.79 Å². The van der Waals surface area contributed by atoms with Crippen LogP contribution in [0.3, 0.4) is 0 Å². The fourth-order valence-electron chi connectivity index (χ4n) is 4.31. The number of carbonyl (C=O) groups is 3. The van der Waals surface area contributed by atoms with Crippen molar-refractivity contribution in [1.82, 2.24) is 15.5 Å². The van der Waals surface area contributed by atoms with Gasteiger partial charge < -0.3 is 10.6 Å². The van der Waals surface area contributed by atoms with E-state index in [1.807, 2.05) is 74.5 Å². The molecule has 0 aromatic heterocycles. The summed E-state index contributed by atoms with van der Waals surface area (Å²) in [6, 6.07) is 18.9. The maximum absolute atomic E-state index is 13.1. The molecule has 31 heavy (non-hydrogen) atoms. The Kier molecular flexibility index (Phi) is 7.45. The van der Waals surface area contributed by atoms with Crippen LogP contribution in [0.15, 0.2) is 60.7 Å². The quantitative estimate of drug-likeness (QED) is 0.570. The first-order chi connectivity index (χ1) is 15.0. The lowest BCUT2D eigenvalue weighted by atomic mass is 9.88. The van der Waals surface area contributed by atoms with Gasteiger partial charge in [-0.1, -0.05) is 87.4 Å². The molecule has 1 heterocycles. The van der Waals surface area contributed by atoms with Crippen LogP contribution < -0.4 is 10.6 Å². The summed E-state index contributed by atoms with van der Waals surface area (Å²) in [7, 11) is 0. The Morgan fingerprint density at radius 3 is 2.13 bits per heavy atom. The van der Waals surface area contributed by atoms with E-state index < -0.39 is 11.6 Å². The van der Waals surface area contributed by atoms with Gasteiger partial charge in [-0.3, -0.25) is 14.5 Å². The minimum atomic E-state index is -0.885. The van der Waals surface area contributed by atoms with E-state index in [0.29, 0.717) is 19.3 Å². The first-order valence-corrected chi connectivity index (χ1v) is 11.0. The van der Waals surface area contributed by atoms with E-state index in [-0.39, 0.29) is 24.4 Å². The zero-order valence-corrected chi connectivity index (χ0v) is 18.3. The van der Waals surface area contributed by atoms with Gasteiger partial charge in [0.25, 0.3) is 5.91 Å². The summed E-state index contributed by atoms with van der Waals surface area (Å²) in [6.07, 6.45) is 3.32. The summed E-state index contributed by atoms with van der Waals surface area (Å²) in [5.74, 6) is -0.646. The first-order valence-electron chi connectivity index (χ1n) is 11.0. The third-order valence-corrected chi connectivity index (χ3v) is 5.72. The molecule has 2 N–H and O–H groups in total. The lowest BCUT2D eigenvalue weighted by Gasteiger charge is -2.26. The third-order valence-electron chi connectivity index (χ3n) is 5.72. The Hall–Kier alpha value is -3.15. The standard InChI is InChI=1S/C25H31N3O3/c1-3-15-25(16-4-2)23(30)28(24(31)27-25)18-22(29)26-21(20-13-9-6-10-14-20)17-19-11-7-5-8-12-19/h5-14,21H,3-4,15-18H2,1-2H3,(H,26,29)(H,27,31). The van der Waals surface area contributed by atoms with Gasteiger partial charge in [0.15, 0.2) is 0 Å². The molecule has 0 radical (unpaired) electrons. The largest absolute Gasteiger partial charge is 0.347 e. The van der Waals surface area contributed by atoms with Crippen LogP contribution in [0.25, 0.3) is 0 Å². The van der Waals surface area contributed by atoms with Crippen molar-refractivity contribution in [3.63, 3.8) is 0 Å². The highest BCUT2D eigenvalue weighted by Gasteiger charge is 2.50. The van der Waals surface area contributed by atoms with Crippen molar-refractivity contribution in [3.05, 3.63) is 71.8 Å². The third kappa shape index (κ3) is 5.32. The van der Waals surface area contributed by atoms with Crippen molar-refractivity contribution in [1.29, 1.82) is 0 Å². The van der Waals surface area contributed by atoms with Crippen LogP contribution in [0.1, 0.15) is 56.7 Å². The van der Waals surface area contributed by atoms with Crippen LogP contribution in [-0.4, -0.2) is 34.8 Å². The molecular weight excluding hydrogens is 390 g/mol. The lowest BCUT2D eigenvalue weighted by Crippen LogP contribution is -2.47. The van der Waals surface area contributed by atoms with Crippen LogP contribution >= 0.6 is 0 Å². The molecule has 1 unspecified atom stereocenters. The fraction of sp³-hybridized carbons (Fsp3) is 0.400. The first kappa shape index (κ1) is 22.5.